The smallest absolute Gasteiger partial charge is 0.233 e. The maximum Gasteiger partial charge on any atom is 0.269 e. The number of aromatic nitrogens is 2. The third-order valence-corrected chi connectivity index (χ3v) is 11.5. The molecule has 0 amide bonds. The van der Waals surface area contributed by atoms with Crippen molar-refractivity contribution in [3.05, 3.63) is 97.1 Å². The highest BCUT2D eigenvalue weighted by atomic mass is 32.2. The van der Waals surface area contributed by atoms with E-state index in [1.54, 1.807) is 30.3 Å². The number of fused-ring (bicyclic) bond motifs is 11. The summed E-state index contributed by atoms with van der Waals surface area (Å²) in [5, 5.41) is 2.90. The summed E-state index contributed by atoms with van der Waals surface area (Å²) in [5.74, 6) is 0. The molecule has 6 nitrogen and oxygen atoms in total. The lowest BCUT2D eigenvalue weighted by Gasteiger charge is -2.20. The van der Waals surface area contributed by atoms with Crippen molar-refractivity contribution in [1.82, 2.24) is 7.94 Å². The second kappa shape index (κ2) is 6.35. The Bertz CT molecular complexity index is 2480. The summed E-state index contributed by atoms with van der Waals surface area (Å²) >= 11 is 0. The van der Waals surface area contributed by atoms with E-state index in [1.807, 2.05) is 66.7 Å². The second-order valence-electron chi connectivity index (χ2n) is 9.79. The number of hydrogen-bond acceptors (Lipinski definition) is 4. The average Bonchev–Trinajstić information content (AvgIpc) is 3.46. The fourth-order valence-electron chi connectivity index (χ4n) is 6.57. The van der Waals surface area contributed by atoms with Gasteiger partial charge in [0.25, 0.3) is 20.0 Å². The van der Waals surface area contributed by atoms with Gasteiger partial charge in [-0.2, -0.15) is 0 Å². The fraction of sp³-hybridized carbons (Fsp3) is 0. The van der Waals surface area contributed by atoms with Crippen LogP contribution in [0.3, 0.4) is 0 Å². The minimum absolute atomic E-state index is 0.239. The van der Waals surface area contributed by atoms with Gasteiger partial charge in [-0.1, -0.05) is 78.9 Å². The Morgan fingerprint density at radius 2 is 0.921 bits per heavy atom. The molecule has 0 saturated carbocycles. The van der Waals surface area contributed by atoms with Gasteiger partial charge in [0.1, 0.15) is 0 Å². The van der Waals surface area contributed by atoms with Gasteiger partial charge in [0.05, 0.1) is 31.9 Å². The number of rotatable bonds is 0. The number of nitrogens with zero attached hydrogens (tertiary/aromatic N) is 2. The van der Waals surface area contributed by atoms with Gasteiger partial charge in [0.2, 0.25) is 0 Å². The zero-order valence-electron chi connectivity index (χ0n) is 19.6. The van der Waals surface area contributed by atoms with Crippen LogP contribution in [0.25, 0.3) is 65.9 Å². The molecule has 0 bridgehead atoms. The molecule has 0 aliphatic carbocycles. The van der Waals surface area contributed by atoms with Gasteiger partial charge in [-0.3, -0.25) is 0 Å². The minimum atomic E-state index is -3.97. The lowest BCUT2D eigenvalue weighted by molar-refractivity contribution is 0.588. The monoisotopic (exact) mass is 532 g/mol. The molecular weight excluding hydrogens is 516 g/mol. The van der Waals surface area contributed by atoms with Crippen molar-refractivity contribution in [1.29, 1.82) is 0 Å². The first kappa shape index (κ1) is 20.6. The third kappa shape index (κ3) is 2.10. The van der Waals surface area contributed by atoms with Gasteiger partial charge in [-0.05, 0) is 18.2 Å². The van der Waals surface area contributed by atoms with Crippen LogP contribution in [0.4, 0.5) is 0 Å². The van der Waals surface area contributed by atoms with Crippen LogP contribution < -0.4 is 0 Å². The number of para-hydroxylation sites is 2. The maximum absolute atomic E-state index is 14.2. The van der Waals surface area contributed by atoms with Crippen molar-refractivity contribution in [3.8, 4) is 22.3 Å². The number of hydrogen-bond donors (Lipinski definition) is 0. The first-order valence-corrected chi connectivity index (χ1v) is 15.0. The standard InChI is InChI=1S/C30H16N2O4S2/c33-37(34)25-13-3-1-8-18(25)20-10-6-12-23-27-24(31(37)29(20)23)16-15-22-21-11-5-9-19-17-7-2-4-14-26(17)38(35,36)32(28(19)21)30(22)27/h1-16H. The molecule has 5 aromatic carbocycles. The van der Waals surface area contributed by atoms with E-state index >= 15 is 0 Å². The summed E-state index contributed by atoms with van der Waals surface area (Å²) in [6.07, 6.45) is 0. The van der Waals surface area contributed by atoms with Gasteiger partial charge in [-0.25, -0.2) is 24.8 Å². The van der Waals surface area contributed by atoms with Crippen LogP contribution in [-0.4, -0.2) is 24.8 Å². The lowest BCUT2D eigenvalue weighted by atomic mass is 10.0. The molecule has 0 saturated heterocycles. The normalized spacial score (nSPS) is 16.2. The Balaban J connectivity index is 1.61. The summed E-state index contributed by atoms with van der Waals surface area (Å²) < 4.78 is 59.3. The van der Waals surface area contributed by atoms with Crippen LogP contribution in [0.15, 0.2) is 107 Å². The molecule has 7 aromatic rings. The molecule has 2 aliphatic heterocycles. The Kier molecular flexibility index (Phi) is 3.45. The molecule has 0 atom stereocenters. The molecule has 9 rings (SSSR count). The van der Waals surface area contributed by atoms with Crippen molar-refractivity contribution < 1.29 is 16.8 Å². The molecule has 0 fully saturated rings. The Morgan fingerprint density at radius 1 is 0.421 bits per heavy atom. The third-order valence-electron chi connectivity index (χ3n) is 8.01. The topological polar surface area (TPSA) is 78.1 Å². The highest BCUT2D eigenvalue weighted by Gasteiger charge is 2.37. The summed E-state index contributed by atoms with van der Waals surface area (Å²) in [7, 11) is -7.89. The van der Waals surface area contributed by atoms with E-state index in [9.17, 15) is 16.8 Å². The molecule has 4 heterocycles. The van der Waals surface area contributed by atoms with Crippen LogP contribution in [0.5, 0.6) is 0 Å². The van der Waals surface area contributed by atoms with Gasteiger partial charge >= 0.3 is 0 Å². The van der Waals surface area contributed by atoms with E-state index in [0.717, 1.165) is 21.9 Å². The summed E-state index contributed by atoms with van der Waals surface area (Å²) in [6.45, 7) is 0. The maximum atomic E-state index is 14.2. The van der Waals surface area contributed by atoms with Crippen LogP contribution in [0.1, 0.15) is 0 Å². The second-order valence-corrected chi connectivity index (χ2v) is 13.3. The van der Waals surface area contributed by atoms with Crippen molar-refractivity contribution in [2.75, 3.05) is 0 Å². The van der Waals surface area contributed by atoms with E-state index in [0.29, 0.717) is 44.0 Å². The van der Waals surface area contributed by atoms with Crippen LogP contribution in [0, 0.1) is 0 Å². The molecule has 0 N–H and O–H groups in total. The van der Waals surface area contributed by atoms with Crippen molar-refractivity contribution in [2.45, 2.75) is 9.79 Å². The lowest BCUT2D eigenvalue weighted by Crippen LogP contribution is -2.18. The molecule has 38 heavy (non-hydrogen) atoms. The molecule has 182 valence electrons. The largest absolute Gasteiger partial charge is 0.269 e. The van der Waals surface area contributed by atoms with E-state index in [4.69, 9.17) is 0 Å². The predicted molar refractivity (Wildman–Crippen MR) is 148 cm³/mol. The van der Waals surface area contributed by atoms with Crippen LogP contribution >= 0.6 is 0 Å². The van der Waals surface area contributed by atoms with Crippen molar-refractivity contribution in [3.63, 3.8) is 0 Å². The predicted octanol–water partition coefficient (Wildman–Crippen LogP) is 6.34. The Hall–Kier alpha value is -4.40. The Labute approximate surface area is 217 Å². The summed E-state index contributed by atoms with van der Waals surface area (Å²) in [4.78, 5) is 0.478. The van der Waals surface area contributed by atoms with E-state index in [1.165, 1.54) is 7.94 Å². The number of benzene rings is 5. The summed E-state index contributed by atoms with van der Waals surface area (Å²) in [5.41, 5.74) is 5.12. The SMILES string of the molecule is O=S1(=O)c2ccccc2-c2cccc3c4c(ccc5c6cccc7c6n(c54)S(=O)(=O)c4ccccc4-7)n1c23. The minimum Gasteiger partial charge on any atom is -0.233 e. The Morgan fingerprint density at radius 3 is 1.58 bits per heavy atom. The highest BCUT2D eigenvalue weighted by Crippen LogP contribution is 2.50. The molecule has 2 aliphatic rings. The molecule has 0 radical (unpaired) electrons. The average molecular weight is 533 g/mol. The van der Waals surface area contributed by atoms with Gasteiger partial charge in [0, 0.05) is 43.8 Å². The van der Waals surface area contributed by atoms with Gasteiger partial charge < -0.3 is 0 Å². The van der Waals surface area contributed by atoms with Gasteiger partial charge in [-0.15, -0.1) is 0 Å². The quantitative estimate of drug-likeness (QED) is 0.228. The highest BCUT2D eigenvalue weighted by molar-refractivity contribution is 7.91. The van der Waals surface area contributed by atoms with Crippen molar-refractivity contribution >= 4 is 63.7 Å². The fourth-order valence-corrected chi connectivity index (χ4v) is 10.1. The zero-order valence-corrected chi connectivity index (χ0v) is 21.2. The van der Waals surface area contributed by atoms with E-state index in [2.05, 4.69) is 0 Å². The van der Waals surface area contributed by atoms with Gasteiger partial charge in [0.15, 0.2) is 0 Å². The molecule has 8 heteroatoms. The summed E-state index contributed by atoms with van der Waals surface area (Å²) in [6, 6.07) is 29.2. The van der Waals surface area contributed by atoms with Crippen LogP contribution in [0.2, 0.25) is 0 Å². The zero-order chi connectivity index (χ0) is 25.6. The van der Waals surface area contributed by atoms with Crippen LogP contribution in [-0.2, 0) is 20.0 Å². The first-order valence-electron chi connectivity index (χ1n) is 12.1. The van der Waals surface area contributed by atoms with E-state index in [-0.39, 0.29) is 9.79 Å². The molecule has 0 unspecified atom stereocenters. The molecule has 0 spiro atoms. The van der Waals surface area contributed by atoms with Crippen molar-refractivity contribution in [2.24, 2.45) is 0 Å². The first-order chi connectivity index (χ1) is 18.4. The van der Waals surface area contributed by atoms with E-state index < -0.39 is 20.0 Å². The molecular formula is C30H16N2O4S2. The molecule has 2 aromatic heterocycles.